The zero-order valence-corrected chi connectivity index (χ0v) is 9.23. The van der Waals surface area contributed by atoms with E-state index in [1.807, 2.05) is 0 Å². The van der Waals surface area contributed by atoms with Gasteiger partial charge in [0.2, 0.25) is 0 Å². The molecule has 78 valence electrons. The van der Waals surface area contributed by atoms with Crippen LogP contribution in [0.4, 0.5) is 0 Å². The van der Waals surface area contributed by atoms with E-state index in [2.05, 4.69) is 19.2 Å². The summed E-state index contributed by atoms with van der Waals surface area (Å²) in [5, 5.41) is 3.35. The third kappa shape index (κ3) is 2.95. The Labute approximate surface area is 80.8 Å². The van der Waals surface area contributed by atoms with Crippen LogP contribution in [0.2, 0.25) is 0 Å². The van der Waals surface area contributed by atoms with Crippen LogP contribution < -0.4 is 5.32 Å². The minimum absolute atomic E-state index is 0.343. The second kappa shape index (κ2) is 4.42. The van der Waals surface area contributed by atoms with Gasteiger partial charge in [-0.25, -0.2) is 8.42 Å². The zero-order valence-electron chi connectivity index (χ0n) is 8.41. The standard InChI is InChI=1S/C9H19NO2S/c1-3-9(10-4-2)8-5-6-13(11,12)7-8/h8-10H,3-7H2,1-2H3. The van der Waals surface area contributed by atoms with Crippen molar-refractivity contribution in [2.75, 3.05) is 18.1 Å². The molecule has 1 fully saturated rings. The summed E-state index contributed by atoms with van der Waals surface area (Å²) >= 11 is 0. The summed E-state index contributed by atoms with van der Waals surface area (Å²) in [5.41, 5.74) is 0. The predicted octanol–water partition coefficient (Wildman–Crippen LogP) is 0.809. The fourth-order valence-corrected chi connectivity index (χ4v) is 3.93. The molecular formula is C9H19NO2S. The molecule has 0 aromatic heterocycles. The molecular weight excluding hydrogens is 186 g/mol. The average Bonchev–Trinajstić information content (AvgIpc) is 2.42. The van der Waals surface area contributed by atoms with Crippen molar-refractivity contribution >= 4 is 9.84 Å². The monoisotopic (exact) mass is 205 g/mol. The summed E-state index contributed by atoms with van der Waals surface area (Å²) in [6.07, 6.45) is 1.86. The van der Waals surface area contributed by atoms with Crippen molar-refractivity contribution in [3.63, 3.8) is 0 Å². The fraction of sp³-hybridized carbons (Fsp3) is 1.00. The maximum absolute atomic E-state index is 11.2. The molecule has 0 saturated carbocycles. The Bertz CT molecular complexity index is 248. The Morgan fingerprint density at radius 1 is 1.46 bits per heavy atom. The van der Waals surface area contributed by atoms with Gasteiger partial charge in [-0.2, -0.15) is 0 Å². The van der Waals surface area contributed by atoms with Gasteiger partial charge in [-0.1, -0.05) is 13.8 Å². The molecule has 1 aliphatic heterocycles. The van der Waals surface area contributed by atoms with Crippen molar-refractivity contribution < 1.29 is 8.42 Å². The van der Waals surface area contributed by atoms with Crippen LogP contribution in [-0.2, 0) is 9.84 Å². The van der Waals surface area contributed by atoms with Crippen LogP contribution >= 0.6 is 0 Å². The van der Waals surface area contributed by atoms with Gasteiger partial charge in [0.15, 0.2) is 9.84 Å². The topological polar surface area (TPSA) is 46.2 Å². The molecule has 0 aliphatic carbocycles. The number of sulfone groups is 1. The van der Waals surface area contributed by atoms with Gasteiger partial charge in [-0.15, -0.1) is 0 Å². The maximum atomic E-state index is 11.2. The molecule has 2 atom stereocenters. The normalized spacial score (nSPS) is 28.9. The van der Waals surface area contributed by atoms with Crippen molar-refractivity contribution in [1.82, 2.24) is 5.32 Å². The van der Waals surface area contributed by atoms with E-state index in [-0.39, 0.29) is 0 Å². The molecule has 0 aromatic carbocycles. The Kier molecular flexibility index (Phi) is 3.74. The lowest BCUT2D eigenvalue weighted by molar-refractivity contribution is 0.379. The Hall–Kier alpha value is -0.0900. The van der Waals surface area contributed by atoms with Crippen LogP contribution in [-0.4, -0.2) is 32.5 Å². The molecule has 13 heavy (non-hydrogen) atoms. The predicted molar refractivity (Wildman–Crippen MR) is 54.5 cm³/mol. The van der Waals surface area contributed by atoms with Gasteiger partial charge in [0, 0.05) is 6.04 Å². The smallest absolute Gasteiger partial charge is 0.150 e. The molecule has 0 amide bonds. The van der Waals surface area contributed by atoms with Gasteiger partial charge in [0.25, 0.3) is 0 Å². The molecule has 4 heteroatoms. The highest BCUT2D eigenvalue weighted by molar-refractivity contribution is 7.91. The van der Waals surface area contributed by atoms with Crippen LogP contribution in [0.1, 0.15) is 26.7 Å². The Morgan fingerprint density at radius 2 is 2.15 bits per heavy atom. The minimum Gasteiger partial charge on any atom is -0.314 e. The van der Waals surface area contributed by atoms with E-state index in [4.69, 9.17) is 0 Å². The third-order valence-corrected chi connectivity index (χ3v) is 4.54. The van der Waals surface area contributed by atoms with E-state index in [0.717, 1.165) is 19.4 Å². The lowest BCUT2D eigenvalue weighted by Crippen LogP contribution is -2.36. The number of hydrogen-bond acceptors (Lipinski definition) is 3. The van der Waals surface area contributed by atoms with Crippen LogP contribution in [0.25, 0.3) is 0 Å². The Balaban J connectivity index is 2.52. The molecule has 1 rings (SSSR count). The van der Waals surface area contributed by atoms with Crippen molar-refractivity contribution in [2.24, 2.45) is 5.92 Å². The summed E-state index contributed by atoms with van der Waals surface area (Å²) in [4.78, 5) is 0. The highest BCUT2D eigenvalue weighted by atomic mass is 32.2. The van der Waals surface area contributed by atoms with Crippen molar-refractivity contribution in [3.8, 4) is 0 Å². The van der Waals surface area contributed by atoms with Crippen molar-refractivity contribution in [2.45, 2.75) is 32.7 Å². The van der Waals surface area contributed by atoms with E-state index in [1.165, 1.54) is 0 Å². The van der Waals surface area contributed by atoms with Crippen LogP contribution in [0.15, 0.2) is 0 Å². The first kappa shape index (κ1) is 11.0. The molecule has 3 nitrogen and oxygen atoms in total. The molecule has 0 radical (unpaired) electrons. The molecule has 2 unspecified atom stereocenters. The first-order valence-electron chi connectivity index (χ1n) is 5.03. The number of hydrogen-bond donors (Lipinski definition) is 1. The van der Waals surface area contributed by atoms with E-state index < -0.39 is 9.84 Å². The van der Waals surface area contributed by atoms with E-state index in [1.54, 1.807) is 0 Å². The molecule has 1 aliphatic rings. The quantitative estimate of drug-likeness (QED) is 0.739. The average molecular weight is 205 g/mol. The fourth-order valence-electron chi connectivity index (χ4n) is 2.05. The van der Waals surface area contributed by atoms with Gasteiger partial charge in [-0.3, -0.25) is 0 Å². The maximum Gasteiger partial charge on any atom is 0.150 e. The zero-order chi connectivity index (χ0) is 9.90. The van der Waals surface area contributed by atoms with E-state index in [9.17, 15) is 8.42 Å². The van der Waals surface area contributed by atoms with E-state index in [0.29, 0.717) is 23.5 Å². The van der Waals surface area contributed by atoms with Gasteiger partial charge in [-0.05, 0) is 25.3 Å². The van der Waals surface area contributed by atoms with Gasteiger partial charge >= 0.3 is 0 Å². The molecule has 1 heterocycles. The molecule has 1 saturated heterocycles. The lowest BCUT2D eigenvalue weighted by Gasteiger charge is -2.21. The highest BCUT2D eigenvalue weighted by Gasteiger charge is 2.32. The summed E-state index contributed by atoms with van der Waals surface area (Å²) in [7, 11) is -2.71. The summed E-state index contributed by atoms with van der Waals surface area (Å²) in [6.45, 7) is 5.10. The largest absolute Gasteiger partial charge is 0.314 e. The Morgan fingerprint density at radius 3 is 2.54 bits per heavy atom. The molecule has 0 spiro atoms. The number of rotatable bonds is 4. The van der Waals surface area contributed by atoms with Crippen molar-refractivity contribution in [1.29, 1.82) is 0 Å². The van der Waals surface area contributed by atoms with Gasteiger partial charge in [0.1, 0.15) is 0 Å². The second-order valence-electron chi connectivity index (χ2n) is 3.74. The van der Waals surface area contributed by atoms with Crippen LogP contribution in [0, 0.1) is 5.92 Å². The molecule has 0 bridgehead atoms. The number of nitrogens with one attached hydrogen (secondary N) is 1. The van der Waals surface area contributed by atoms with Crippen LogP contribution in [0.5, 0.6) is 0 Å². The highest BCUT2D eigenvalue weighted by Crippen LogP contribution is 2.23. The SMILES string of the molecule is CCNC(CC)C1CCS(=O)(=O)C1. The minimum atomic E-state index is -2.71. The second-order valence-corrected chi connectivity index (χ2v) is 5.96. The van der Waals surface area contributed by atoms with Gasteiger partial charge in [0.05, 0.1) is 11.5 Å². The molecule has 0 aromatic rings. The van der Waals surface area contributed by atoms with E-state index >= 15 is 0 Å². The first-order chi connectivity index (χ1) is 6.09. The lowest BCUT2D eigenvalue weighted by atomic mass is 9.97. The van der Waals surface area contributed by atoms with Crippen molar-refractivity contribution in [3.05, 3.63) is 0 Å². The summed E-state index contributed by atoms with van der Waals surface area (Å²) < 4.78 is 22.5. The van der Waals surface area contributed by atoms with Gasteiger partial charge < -0.3 is 5.32 Å². The first-order valence-corrected chi connectivity index (χ1v) is 6.85. The summed E-state index contributed by atoms with van der Waals surface area (Å²) in [5.74, 6) is 1.12. The van der Waals surface area contributed by atoms with Crippen LogP contribution in [0.3, 0.4) is 0 Å². The third-order valence-electron chi connectivity index (χ3n) is 2.74. The molecule has 1 N–H and O–H groups in total. The summed E-state index contributed by atoms with van der Waals surface area (Å²) in [6, 6.07) is 0.391.